The normalized spacial score (nSPS) is 10.9. The molecule has 0 unspecified atom stereocenters. The van der Waals surface area contributed by atoms with Crippen LogP contribution in [0.5, 0.6) is 23.0 Å². The maximum Gasteiger partial charge on any atom is 0.240 e. The molecule has 0 bridgehead atoms. The van der Waals surface area contributed by atoms with Gasteiger partial charge in [-0.15, -0.1) is 0 Å². The number of aromatic hydroxyl groups is 2. The molecule has 180 valence electrons. The summed E-state index contributed by atoms with van der Waals surface area (Å²) in [5, 5.41) is 23.7. The molecule has 2 heterocycles. The number of rotatable bonds is 2. The Morgan fingerprint density at radius 1 is 0.528 bits per heavy atom. The fourth-order valence-corrected chi connectivity index (χ4v) is 5.94. The number of phenolic OH excluding ortho intramolecular Hbond substituents is 2. The molecular formula is C28H20O6S2. The molecular weight excluding hydrogens is 496 g/mol. The summed E-state index contributed by atoms with van der Waals surface area (Å²) in [5.74, 6) is 1.69. The van der Waals surface area contributed by atoms with Crippen LogP contribution in [0.25, 0.3) is 41.7 Å². The van der Waals surface area contributed by atoms with Crippen molar-refractivity contribution in [3.63, 3.8) is 0 Å². The third-order valence-corrected chi connectivity index (χ3v) is 7.74. The topological polar surface area (TPSA) is 93.1 Å². The lowest BCUT2D eigenvalue weighted by atomic mass is 10.1. The predicted molar refractivity (Wildman–Crippen MR) is 148 cm³/mol. The largest absolute Gasteiger partial charge is 0.508 e. The van der Waals surface area contributed by atoms with Gasteiger partial charge in [0.2, 0.25) is 9.48 Å². The predicted octanol–water partition coefficient (Wildman–Crippen LogP) is 6.26. The molecule has 6 nitrogen and oxygen atoms in total. The van der Waals surface area contributed by atoms with E-state index in [0.717, 1.165) is 48.0 Å². The SMILES string of the molecule is COc1ccc2c(c1)sc(=O)c1cc(OC)ccc12.O=c1sc2cc(O)ccc2c2ccc(O)cc12. The Balaban J connectivity index is 0.000000149. The van der Waals surface area contributed by atoms with E-state index in [1.165, 1.54) is 17.4 Å². The van der Waals surface area contributed by atoms with E-state index in [9.17, 15) is 19.8 Å². The van der Waals surface area contributed by atoms with Gasteiger partial charge in [0, 0.05) is 30.9 Å². The van der Waals surface area contributed by atoms with Gasteiger partial charge < -0.3 is 19.7 Å². The molecule has 0 saturated carbocycles. The van der Waals surface area contributed by atoms with Gasteiger partial charge in [-0.3, -0.25) is 9.59 Å². The third-order valence-electron chi connectivity index (χ3n) is 5.81. The van der Waals surface area contributed by atoms with Crippen LogP contribution in [0, 0.1) is 0 Å². The molecule has 0 aliphatic carbocycles. The summed E-state index contributed by atoms with van der Waals surface area (Å²) in [6.07, 6.45) is 0. The summed E-state index contributed by atoms with van der Waals surface area (Å²) in [6.45, 7) is 0. The maximum atomic E-state index is 12.2. The van der Waals surface area contributed by atoms with E-state index in [1.54, 1.807) is 50.6 Å². The minimum atomic E-state index is -0.117. The average Bonchev–Trinajstić information content (AvgIpc) is 2.88. The van der Waals surface area contributed by atoms with Gasteiger partial charge in [0.1, 0.15) is 23.0 Å². The van der Waals surface area contributed by atoms with Crippen LogP contribution in [0.3, 0.4) is 0 Å². The van der Waals surface area contributed by atoms with Gasteiger partial charge in [-0.25, -0.2) is 0 Å². The fourth-order valence-electron chi connectivity index (χ4n) is 4.05. The zero-order chi connectivity index (χ0) is 25.4. The Bertz CT molecular complexity index is 1890. The van der Waals surface area contributed by atoms with E-state index in [-0.39, 0.29) is 21.0 Å². The standard InChI is InChI=1S/C15H12O3S.C13H8O3S/c1-17-9-3-5-11-12-6-4-10(18-2)8-14(12)19-15(16)13(11)7-9;14-7-1-3-9-10-4-2-8(15)6-12(10)17-13(16)11(9)5-7/h3-8H,1-2H3;1-6,14-15H. The van der Waals surface area contributed by atoms with Gasteiger partial charge >= 0.3 is 0 Å². The number of fused-ring (bicyclic) bond motifs is 6. The first-order chi connectivity index (χ1) is 17.4. The molecule has 0 amide bonds. The van der Waals surface area contributed by atoms with Crippen LogP contribution in [0.1, 0.15) is 0 Å². The van der Waals surface area contributed by atoms with Crippen molar-refractivity contribution < 1.29 is 19.7 Å². The minimum Gasteiger partial charge on any atom is -0.508 e. The van der Waals surface area contributed by atoms with Gasteiger partial charge in [-0.2, -0.15) is 0 Å². The molecule has 0 radical (unpaired) electrons. The lowest BCUT2D eigenvalue weighted by Crippen LogP contribution is -1.96. The van der Waals surface area contributed by atoms with Gasteiger partial charge in [-0.1, -0.05) is 22.7 Å². The number of benzene rings is 4. The first-order valence-electron chi connectivity index (χ1n) is 10.8. The second-order valence-corrected chi connectivity index (χ2v) is 9.99. The Hall–Kier alpha value is -4.14. The quantitative estimate of drug-likeness (QED) is 0.264. The van der Waals surface area contributed by atoms with Gasteiger partial charge in [-0.05, 0) is 83.6 Å². The molecule has 0 aliphatic rings. The highest BCUT2D eigenvalue weighted by Gasteiger charge is 2.09. The van der Waals surface area contributed by atoms with E-state index in [4.69, 9.17) is 9.47 Å². The second-order valence-electron chi connectivity index (χ2n) is 7.96. The van der Waals surface area contributed by atoms with Crippen LogP contribution in [0.15, 0.2) is 82.4 Å². The first-order valence-corrected chi connectivity index (χ1v) is 12.5. The smallest absolute Gasteiger partial charge is 0.240 e. The maximum absolute atomic E-state index is 12.2. The molecule has 4 aromatic carbocycles. The third kappa shape index (κ3) is 4.32. The molecule has 0 saturated heterocycles. The molecule has 8 heteroatoms. The van der Waals surface area contributed by atoms with E-state index in [1.807, 2.05) is 30.3 Å². The van der Waals surface area contributed by atoms with E-state index >= 15 is 0 Å². The zero-order valence-electron chi connectivity index (χ0n) is 19.3. The number of phenols is 2. The number of methoxy groups -OCH3 is 2. The van der Waals surface area contributed by atoms with Crippen LogP contribution in [-0.4, -0.2) is 24.4 Å². The van der Waals surface area contributed by atoms with Crippen molar-refractivity contribution in [1.82, 2.24) is 0 Å². The first kappa shape index (κ1) is 23.6. The number of hydrogen-bond acceptors (Lipinski definition) is 8. The van der Waals surface area contributed by atoms with Crippen LogP contribution >= 0.6 is 22.7 Å². The zero-order valence-corrected chi connectivity index (χ0v) is 20.9. The summed E-state index contributed by atoms with van der Waals surface area (Å²) >= 11 is 2.30. The van der Waals surface area contributed by atoms with Crippen molar-refractivity contribution in [3.8, 4) is 23.0 Å². The van der Waals surface area contributed by atoms with Gasteiger partial charge in [0.15, 0.2) is 0 Å². The summed E-state index contributed by atoms with van der Waals surface area (Å²) in [6, 6.07) is 21.1. The highest BCUT2D eigenvalue weighted by Crippen LogP contribution is 2.31. The average molecular weight is 517 g/mol. The van der Waals surface area contributed by atoms with Crippen molar-refractivity contribution in [2.24, 2.45) is 0 Å². The molecule has 6 aromatic rings. The lowest BCUT2D eigenvalue weighted by molar-refractivity contribution is 0.415. The summed E-state index contributed by atoms with van der Waals surface area (Å²) in [5.41, 5.74) is 0. The van der Waals surface area contributed by atoms with Crippen LogP contribution in [-0.2, 0) is 0 Å². The molecule has 0 fully saturated rings. The number of hydrogen-bond donors (Lipinski definition) is 2. The van der Waals surface area contributed by atoms with Crippen LogP contribution in [0.4, 0.5) is 0 Å². The summed E-state index contributed by atoms with van der Waals surface area (Å²) in [7, 11) is 3.22. The monoisotopic (exact) mass is 516 g/mol. The van der Waals surface area contributed by atoms with E-state index < -0.39 is 0 Å². The molecule has 0 atom stereocenters. The summed E-state index contributed by atoms with van der Waals surface area (Å²) < 4.78 is 12.0. The Kier molecular flexibility index (Phi) is 6.22. The van der Waals surface area contributed by atoms with Crippen LogP contribution in [0.2, 0.25) is 0 Å². The van der Waals surface area contributed by atoms with Crippen LogP contribution < -0.4 is 19.0 Å². The molecule has 36 heavy (non-hydrogen) atoms. The molecule has 2 aromatic heterocycles. The van der Waals surface area contributed by atoms with Crippen molar-refractivity contribution in [3.05, 3.63) is 91.9 Å². The minimum absolute atomic E-state index is 0.0367. The number of ether oxygens (including phenoxy) is 2. The highest BCUT2D eigenvalue weighted by atomic mass is 32.1. The Morgan fingerprint density at radius 3 is 1.58 bits per heavy atom. The molecule has 0 aliphatic heterocycles. The van der Waals surface area contributed by atoms with Gasteiger partial charge in [0.25, 0.3) is 0 Å². The van der Waals surface area contributed by atoms with Crippen molar-refractivity contribution >= 4 is 64.4 Å². The lowest BCUT2D eigenvalue weighted by Gasteiger charge is -2.06. The van der Waals surface area contributed by atoms with E-state index in [2.05, 4.69) is 0 Å². The molecule has 2 N–H and O–H groups in total. The Labute approximate surface area is 212 Å². The summed E-state index contributed by atoms with van der Waals surface area (Å²) in [4.78, 5) is 24.1. The second kappa shape index (κ2) is 9.49. The van der Waals surface area contributed by atoms with Crippen molar-refractivity contribution in [2.75, 3.05) is 14.2 Å². The van der Waals surface area contributed by atoms with E-state index in [0.29, 0.717) is 16.5 Å². The molecule has 0 spiro atoms. The van der Waals surface area contributed by atoms with Crippen molar-refractivity contribution in [1.29, 1.82) is 0 Å². The fraction of sp³-hybridized carbons (Fsp3) is 0.0714. The van der Waals surface area contributed by atoms with Crippen molar-refractivity contribution in [2.45, 2.75) is 0 Å². The van der Waals surface area contributed by atoms with Gasteiger partial charge in [0.05, 0.1) is 14.2 Å². The highest BCUT2D eigenvalue weighted by molar-refractivity contribution is 7.17. The molecule has 6 rings (SSSR count). The Morgan fingerprint density at radius 2 is 0.972 bits per heavy atom.